The molecule has 5 N–H and O–H groups in total. The Labute approximate surface area is 112 Å². The first-order valence-corrected chi connectivity index (χ1v) is 6.25. The minimum absolute atomic E-state index is 0.139. The Morgan fingerprint density at radius 2 is 2.00 bits per heavy atom. The normalized spacial score (nSPS) is 15.7. The van der Waals surface area contributed by atoms with Crippen LogP contribution in [0.25, 0.3) is 0 Å². The third-order valence-electron chi connectivity index (χ3n) is 3.23. The number of carboxylic acid groups (broad SMARTS) is 1. The molecule has 19 heavy (non-hydrogen) atoms. The zero-order chi connectivity index (χ0) is 14.6. The monoisotopic (exact) mass is 267 g/mol. The van der Waals surface area contributed by atoms with Gasteiger partial charge in [0.1, 0.15) is 5.54 Å². The maximum absolute atomic E-state index is 10.9. The highest BCUT2D eigenvalue weighted by Crippen LogP contribution is 2.26. The highest BCUT2D eigenvalue weighted by molar-refractivity contribution is 5.77. The van der Waals surface area contributed by atoms with E-state index in [1.165, 1.54) is 19.1 Å². The smallest absolute Gasteiger partial charge is 0.323 e. The van der Waals surface area contributed by atoms with E-state index in [0.29, 0.717) is 12.8 Å². The van der Waals surface area contributed by atoms with Gasteiger partial charge in [-0.2, -0.15) is 0 Å². The highest BCUT2D eigenvalue weighted by atomic mass is 16.4. The summed E-state index contributed by atoms with van der Waals surface area (Å²) in [5.41, 5.74) is 5.39. The van der Waals surface area contributed by atoms with Crippen LogP contribution < -0.4 is 5.73 Å². The first kappa shape index (κ1) is 15.3. The summed E-state index contributed by atoms with van der Waals surface area (Å²) >= 11 is 0. The summed E-state index contributed by atoms with van der Waals surface area (Å²) in [4.78, 5) is 10.9. The van der Waals surface area contributed by atoms with Crippen molar-refractivity contribution in [1.29, 1.82) is 0 Å². The fourth-order valence-electron chi connectivity index (χ4n) is 2.05. The maximum Gasteiger partial charge on any atom is 0.323 e. The number of hydrogen-bond donors (Lipinski definition) is 4. The molecule has 0 aliphatic heterocycles. The van der Waals surface area contributed by atoms with E-state index in [4.69, 9.17) is 10.8 Å². The molecule has 0 aliphatic carbocycles. The van der Waals surface area contributed by atoms with E-state index in [-0.39, 0.29) is 17.4 Å². The van der Waals surface area contributed by atoms with Crippen LogP contribution in [0.3, 0.4) is 0 Å². The van der Waals surface area contributed by atoms with E-state index < -0.39 is 11.5 Å². The van der Waals surface area contributed by atoms with Crippen LogP contribution in [0.4, 0.5) is 0 Å². The number of phenolic OH excluding ortho intramolecular Hbond substituents is 2. The van der Waals surface area contributed by atoms with Gasteiger partial charge in [0.15, 0.2) is 11.5 Å². The van der Waals surface area contributed by atoms with Gasteiger partial charge in [-0.15, -0.1) is 0 Å². The number of rotatable bonds is 6. The Bertz CT molecular complexity index is 457. The van der Waals surface area contributed by atoms with E-state index >= 15 is 0 Å². The minimum Gasteiger partial charge on any atom is -0.504 e. The first-order chi connectivity index (χ1) is 8.72. The molecule has 0 saturated carbocycles. The Balaban J connectivity index is 2.52. The first-order valence-electron chi connectivity index (χ1n) is 6.25. The summed E-state index contributed by atoms with van der Waals surface area (Å²) in [5, 5.41) is 27.5. The summed E-state index contributed by atoms with van der Waals surface area (Å²) in [6.45, 7) is 3.46. The molecule has 0 saturated heterocycles. The van der Waals surface area contributed by atoms with E-state index in [9.17, 15) is 15.0 Å². The molecule has 0 radical (unpaired) electrons. The third-order valence-corrected chi connectivity index (χ3v) is 3.23. The van der Waals surface area contributed by atoms with Crippen molar-refractivity contribution in [3.63, 3.8) is 0 Å². The Kier molecular flexibility index (Phi) is 4.78. The largest absolute Gasteiger partial charge is 0.504 e. The lowest BCUT2D eigenvalue weighted by atomic mass is 9.87. The lowest BCUT2D eigenvalue weighted by molar-refractivity contribution is -0.143. The van der Waals surface area contributed by atoms with Gasteiger partial charge in [-0.1, -0.05) is 13.0 Å². The highest BCUT2D eigenvalue weighted by Gasteiger charge is 2.29. The van der Waals surface area contributed by atoms with E-state index in [1.54, 1.807) is 6.07 Å². The molecule has 1 aromatic carbocycles. The van der Waals surface area contributed by atoms with Gasteiger partial charge >= 0.3 is 5.97 Å². The average molecular weight is 267 g/mol. The lowest BCUT2D eigenvalue weighted by Crippen LogP contribution is -2.46. The number of carbonyl (C=O) groups is 1. The predicted octanol–water partition coefficient (Wildman–Crippen LogP) is 1.86. The zero-order valence-electron chi connectivity index (χ0n) is 11.3. The quantitative estimate of drug-likeness (QED) is 0.589. The summed E-state index contributed by atoms with van der Waals surface area (Å²) in [6, 6.07) is 4.70. The number of carboxylic acids is 1. The van der Waals surface area contributed by atoms with E-state index in [0.717, 1.165) is 12.0 Å². The van der Waals surface area contributed by atoms with Crippen molar-refractivity contribution in [2.24, 2.45) is 11.7 Å². The number of benzene rings is 1. The third kappa shape index (κ3) is 4.44. The van der Waals surface area contributed by atoms with Crippen molar-refractivity contribution in [2.75, 3.05) is 0 Å². The summed E-state index contributed by atoms with van der Waals surface area (Å²) < 4.78 is 0. The van der Waals surface area contributed by atoms with Gasteiger partial charge in [0.25, 0.3) is 0 Å². The van der Waals surface area contributed by atoms with E-state index in [1.807, 2.05) is 6.92 Å². The topological polar surface area (TPSA) is 104 Å². The fraction of sp³-hybridized carbons (Fsp3) is 0.500. The van der Waals surface area contributed by atoms with Crippen molar-refractivity contribution in [3.8, 4) is 11.5 Å². The minimum atomic E-state index is -1.21. The molecule has 0 amide bonds. The van der Waals surface area contributed by atoms with Crippen LogP contribution in [-0.2, 0) is 11.2 Å². The molecule has 2 unspecified atom stereocenters. The molecule has 0 heterocycles. The second-order valence-corrected chi connectivity index (χ2v) is 5.39. The number of aliphatic carboxylic acids is 1. The summed E-state index contributed by atoms with van der Waals surface area (Å²) in [6.07, 6.45) is 1.86. The second kappa shape index (κ2) is 5.93. The molecule has 0 aromatic heterocycles. The van der Waals surface area contributed by atoms with Crippen molar-refractivity contribution in [2.45, 2.75) is 38.6 Å². The zero-order valence-corrected chi connectivity index (χ0v) is 11.3. The molecule has 0 fully saturated rings. The summed E-state index contributed by atoms with van der Waals surface area (Å²) in [5.74, 6) is -1.12. The number of hydrogen-bond acceptors (Lipinski definition) is 4. The maximum atomic E-state index is 10.9. The van der Waals surface area contributed by atoms with Gasteiger partial charge in [-0.25, -0.2) is 0 Å². The molecular formula is C14H21NO4. The molecular weight excluding hydrogens is 246 g/mol. The average Bonchev–Trinajstić information content (AvgIpc) is 2.30. The predicted molar refractivity (Wildman–Crippen MR) is 72.1 cm³/mol. The molecule has 106 valence electrons. The number of aryl methyl sites for hydroxylation is 1. The van der Waals surface area contributed by atoms with Crippen LogP contribution in [0.5, 0.6) is 11.5 Å². The van der Waals surface area contributed by atoms with Gasteiger partial charge in [0, 0.05) is 0 Å². The molecule has 1 rings (SSSR count). The van der Waals surface area contributed by atoms with Gasteiger partial charge in [0.2, 0.25) is 0 Å². The Morgan fingerprint density at radius 3 is 2.53 bits per heavy atom. The molecule has 1 aromatic rings. The number of phenols is 2. The standard InChI is InChI=1S/C14H21NO4/c1-9(8-14(2,15)13(18)19)3-4-10-5-6-11(16)12(17)7-10/h5-7,9,16-17H,3-4,8,15H2,1-2H3,(H,18,19). The lowest BCUT2D eigenvalue weighted by Gasteiger charge is -2.23. The van der Waals surface area contributed by atoms with Crippen molar-refractivity contribution in [3.05, 3.63) is 23.8 Å². The van der Waals surface area contributed by atoms with Crippen molar-refractivity contribution >= 4 is 5.97 Å². The van der Waals surface area contributed by atoms with Crippen molar-refractivity contribution < 1.29 is 20.1 Å². The number of aromatic hydroxyl groups is 2. The Morgan fingerprint density at radius 1 is 1.37 bits per heavy atom. The van der Waals surface area contributed by atoms with E-state index in [2.05, 4.69) is 0 Å². The Hall–Kier alpha value is -1.75. The van der Waals surface area contributed by atoms with Crippen LogP contribution >= 0.6 is 0 Å². The van der Waals surface area contributed by atoms with Crippen LogP contribution in [0.1, 0.15) is 32.3 Å². The van der Waals surface area contributed by atoms with Gasteiger partial charge < -0.3 is 21.1 Å². The SMILES string of the molecule is CC(CCc1ccc(O)c(O)c1)CC(C)(N)C(=O)O. The second-order valence-electron chi connectivity index (χ2n) is 5.39. The molecule has 0 aliphatic rings. The van der Waals surface area contributed by atoms with Gasteiger partial charge in [0.05, 0.1) is 0 Å². The molecule has 5 heteroatoms. The molecule has 2 atom stereocenters. The van der Waals surface area contributed by atoms with Crippen LogP contribution in [0, 0.1) is 5.92 Å². The van der Waals surface area contributed by atoms with Crippen LogP contribution in [0.2, 0.25) is 0 Å². The van der Waals surface area contributed by atoms with Crippen LogP contribution in [0.15, 0.2) is 18.2 Å². The number of nitrogens with two attached hydrogens (primary N) is 1. The van der Waals surface area contributed by atoms with Gasteiger partial charge in [-0.3, -0.25) is 4.79 Å². The fourth-order valence-corrected chi connectivity index (χ4v) is 2.05. The summed E-state index contributed by atoms with van der Waals surface area (Å²) in [7, 11) is 0. The van der Waals surface area contributed by atoms with Gasteiger partial charge in [-0.05, 0) is 49.8 Å². The van der Waals surface area contributed by atoms with Crippen LogP contribution in [-0.4, -0.2) is 26.8 Å². The molecule has 0 spiro atoms. The molecule has 0 bridgehead atoms. The molecule has 5 nitrogen and oxygen atoms in total. The van der Waals surface area contributed by atoms with Crippen molar-refractivity contribution in [1.82, 2.24) is 0 Å².